The van der Waals surface area contributed by atoms with Crippen molar-refractivity contribution in [1.29, 1.82) is 0 Å². The van der Waals surface area contributed by atoms with Crippen LogP contribution in [0.4, 0.5) is 5.69 Å². The molecule has 0 aliphatic carbocycles. The number of methoxy groups -OCH3 is 2. The van der Waals surface area contributed by atoms with E-state index in [9.17, 15) is 9.59 Å². The Morgan fingerprint density at radius 3 is 2.49 bits per heavy atom. The number of hydrogen-bond donors (Lipinski definition) is 1. The molecule has 1 atom stereocenters. The standard InChI is InChI=1S/C36H29N3O5S/c1-5-19-44-28-17-15-23-11-9-10-14-26(23)27(28)21-31-35(41)39-33(24-16-18-29(42-3)30(20-24)43-4)32(22(2)37-36(39)45-31)34(40)38-25-12-7-6-8-13-25/h1,6-18,20-21,33H,19H2,2-4H3,(H,38,40)/b31-21-/t33-/m0/s1. The highest BCUT2D eigenvalue weighted by molar-refractivity contribution is 7.07. The topological polar surface area (TPSA) is 91.1 Å². The Bertz CT molecular complexity index is 2190. The fraction of sp³-hybridized carbons (Fsp3) is 0.139. The number of terminal acetylenes is 1. The number of anilines is 1. The van der Waals surface area contributed by atoms with E-state index in [0.29, 0.717) is 49.1 Å². The Morgan fingerprint density at radius 1 is 1.00 bits per heavy atom. The number of thiazole rings is 1. The van der Waals surface area contributed by atoms with Crippen molar-refractivity contribution in [2.45, 2.75) is 13.0 Å². The van der Waals surface area contributed by atoms with Gasteiger partial charge in [-0.25, -0.2) is 4.99 Å². The minimum absolute atomic E-state index is 0.0822. The van der Waals surface area contributed by atoms with Crippen molar-refractivity contribution in [1.82, 2.24) is 4.57 Å². The molecule has 9 heteroatoms. The molecule has 45 heavy (non-hydrogen) atoms. The average Bonchev–Trinajstić information content (AvgIpc) is 3.37. The van der Waals surface area contributed by atoms with Gasteiger partial charge in [0.1, 0.15) is 12.4 Å². The molecule has 0 saturated carbocycles. The third-order valence-corrected chi connectivity index (χ3v) is 8.52. The van der Waals surface area contributed by atoms with E-state index in [2.05, 4.69) is 11.2 Å². The van der Waals surface area contributed by atoms with Gasteiger partial charge in [0, 0.05) is 11.3 Å². The molecule has 1 N–H and O–H groups in total. The number of rotatable bonds is 8. The molecular formula is C36H29N3O5S. The number of nitrogens with one attached hydrogen (secondary N) is 1. The quantitative estimate of drug-likeness (QED) is 0.247. The van der Waals surface area contributed by atoms with Gasteiger partial charge in [-0.05, 0) is 59.7 Å². The van der Waals surface area contributed by atoms with E-state index >= 15 is 0 Å². The Labute approximate surface area is 263 Å². The number of carbonyl (C=O) groups excluding carboxylic acids is 1. The zero-order valence-electron chi connectivity index (χ0n) is 24.9. The van der Waals surface area contributed by atoms with E-state index in [1.54, 1.807) is 50.0 Å². The van der Waals surface area contributed by atoms with Gasteiger partial charge in [-0.1, -0.05) is 71.9 Å². The normalized spacial score (nSPS) is 14.4. The second-order valence-electron chi connectivity index (χ2n) is 10.2. The summed E-state index contributed by atoms with van der Waals surface area (Å²) in [7, 11) is 3.10. The van der Waals surface area contributed by atoms with Crippen LogP contribution in [0.2, 0.25) is 0 Å². The zero-order valence-corrected chi connectivity index (χ0v) is 25.7. The number of para-hydroxylation sites is 1. The number of amides is 1. The predicted molar refractivity (Wildman–Crippen MR) is 177 cm³/mol. The van der Waals surface area contributed by atoms with Crippen molar-refractivity contribution in [2.75, 3.05) is 26.1 Å². The van der Waals surface area contributed by atoms with Gasteiger partial charge >= 0.3 is 0 Å². The number of aromatic nitrogens is 1. The van der Waals surface area contributed by atoms with Gasteiger partial charge in [0.2, 0.25) is 0 Å². The molecule has 2 heterocycles. The SMILES string of the molecule is C#CCOc1ccc2ccccc2c1/C=c1\sc2n(c1=O)[C@@H](c1ccc(OC)c(OC)c1)C(C(=O)Nc1ccccc1)=C(C)N=2. The van der Waals surface area contributed by atoms with Crippen LogP contribution in [0.5, 0.6) is 17.2 Å². The maximum atomic E-state index is 14.4. The van der Waals surface area contributed by atoms with Crippen molar-refractivity contribution in [3.05, 3.63) is 127 Å². The summed E-state index contributed by atoms with van der Waals surface area (Å²) in [6.07, 6.45) is 7.30. The Hall–Kier alpha value is -5.59. The van der Waals surface area contributed by atoms with Gasteiger partial charge in [-0.3, -0.25) is 14.2 Å². The van der Waals surface area contributed by atoms with Crippen LogP contribution in [-0.4, -0.2) is 31.3 Å². The van der Waals surface area contributed by atoms with Crippen LogP contribution in [0.1, 0.15) is 24.1 Å². The molecule has 0 radical (unpaired) electrons. The lowest BCUT2D eigenvalue weighted by Crippen LogP contribution is -2.40. The van der Waals surface area contributed by atoms with Crippen molar-refractivity contribution in [3.63, 3.8) is 0 Å². The first-order chi connectivity index (χ1) is 21.9. The molecule has 4 aromatic carbocycles. The number of ether oxygens (including phenoxy) is 3. The van der Waals surface area contributed by atoms with E-state index in [-0.39, 0.29) is 18.1 Å². The Balaban J connectivity index is 1.57. The highest BCUT2D eigenvalue weighted by atomic mass is 32.1. The smallest absolute Gasteiger partial charge is 0.271 e. The summed E-state index contributed by atoms with van der Waals surface area (Å²) in [5, 5.41) is 4.87. The van der Waals surface area contributed by atoms with E-state index < -0.39 is 6.04 Å². The predicted octanol–water partition coefficient (Wildman–Crippen LogP) is 5.06. The number of carbonyl (C=O) groups is 1. The van der Waals surface area contributed by atoms with Gasteiger partial charge in [-0.2, -0.15) is 0 Å². The minimum atomic E-state index is -0.795. The third-order valence-electron chi connectivity index (χ3n) is 7.54. The Kier molecular flexibility index (Phi) is 8.23. The molecule has 8 nitrogen and oxygen atoms in total. The summed E-state index contributed by atoms with van der Waals surface area (Å²) in [6, 6.07) is 25.4. The van der Waals surface area contributed by atoms with E-state index in [0.717, 1.165) is 16.3 Å². The molecule has 5 aromatic rings. The average molecular weight is 616 g/mol. The van der Waals surface area contributed by atoms with Gasteiger partial charge < -0.3 is 19.5 Å². The summed E-state index contributed by atoms with van der Waals surface area (Å²) in [6.45, 7) is 1.86. The highest BCUT2D eigenvalue weighted by Gasteiger charge is 2.33. The summed E-state index contributed by atoms with van der Waals surface area (Å²) in [4.78, 5) is 33.5. The zero-order chi connectivity index (χ0) is 31.5. The first-order valence-corrected chi connectivity index (χ1v) is 14.9. The largest absolute Gasteiger partial charge is 0.493 e. The summed E-state index contributed by atoms with van der Waals surface area (Å²) in [5.41, 5.74) is 2.56. The first-order valence-electron chi connectivity index (χ1n) is 14.1. The van der Waals surface area contributed by atoms with Crippen molar-refractivity contribution in [2.24, 2.45) is 4.99 Å². The molecule has 0 saturated heterocycles. The van der Waals surface area contributed by atoms with Crippen molar-refractivity contribution >= 4 is 39.8 Å². The lowest BCUT2D eigenvalue weighted by atomic mass is 9.94. The number of allylic oxidation sites excluding steroid dienone is 1. The second kappa shape index (κ2) is 12.6. The molecule has 1 amide bonds. The number of hydrogen-bond acceptors (Lipinski definition) is 7. The molecular weight excluding hydrogens is 586 g/mol. The molecule has 0 bridgehead atoms. The molecule has 0 fully saturated rings. The fourth-order valence-electron chi connectivity index (χ4n) is 5.47. The molecule has 0 unspecified atom stereocenters. The van der Waals surface area contributed by atoms with E-state index in [4.69, 9.17) is 25.6 Å². The van der Waals surface area contributed by atoms with Gasteiger partial charge in [0.05, 0.1) is 36.1 Å². The number of fused-ring (bicyclic) bond motifs is 2. The van der Waals surface area contributed by atoms with Crippen LogP contribution in [0, 0.1) is 12.3 Å². The van der Waals surface area contributed by atoms with Crippen LogP contribution in [-0.2, 0) is 4.79 Å². The number of nitrogens with zero attached hydrogens (tertiary/aromatic N) is 2. The van der Waals surface area contributed by atoms with Gasteiger partial charge in [0.25, 0.3) is 11.5 Å². The maximum absolute atomic E-state index is 14.4. The molecule has 6 rings (SSSR count). The molecule has 1 aliphatic heterocycles. The minimum Gasteiger partial charge on any atom is -0.493 e. The molecule has 1 aliphatic rings. The van der Waals surface area contributed by atoms with E-state index in [1.807, 2.05) is 66.7 Å². The van der Waals surface area contributed by atoms with Crippen LogP contribution in [0.3, 0.4) is 0 Å². The van der Waals surface area contributed by atoms with Gasteiger partial charge in [-0.15, -0.1) is 6.42 Å². The molecule has 224 valence electrons. The Morgan fingerprint density at radius 2 is 1.73 bits per heavy atom. The molecule has 0 spiro atoms. The monoisotopic (exact) mass is 615 g/mol. The van der Waals surface area contributed by atoms with Crippen LogP contribution in [0.25, 0.3) is 16.8 Å². The summed E-state index contributed by atoms with van der Waals surface area (Å²) < 4.78 is 18.9. The fourth-order valence-corrected chi connectivity index (χ4v) is 6.50. The number of benzene rings is 4. The third kappa shape index (κ3) is 5.59. The first kappa shape index (κ1) is 29.5. The van der Waals surface area contributed by atoms with Crippen molar-refractivity contribution < 1.29 is 19.0 Å². The molecule has 1 aromatic heterocycles. The lowest BCUT2D eigenvalue weighted by Gasteiger charge is -2.26. The van der Waals surface area contributed by atoms with Crippen LogP contribution < -0.4 is 34.4 Å². The summed E-state index contributed by atoms with van der Waals surface area (Å²) in [5.74, 6) is 3.71. The highest BCUT2D eigenvalue weighted by Crippen LogP contribution is 2.36. The van der Waals surface area contributed by atoms with E-state index in [1.165, 1.54) is 11.3 Å². The van der Waals surface area contributed by atoms with Crippen LogP contribution >= 0.6 is 11.3 Å². The van der Waals surface area contributed by atoms with Crippen molar-refractivity contribution in [3.8, 4) is 29.6 Å². The lowest BCUT2D eigenvalue weighted by molar-refractivity contribution is -0.113. The van der Waals surface area contributed by atoms with Gasteiger partial charge in [0.15, 0.2) is 16.3 Å². The maximum Gasteiger partial charge on any atom is 0.271 e. The summed E-state index contributed by atoms with van der Waals surface area (Å²) >= 11 is 1.25. The van der Waals surface area contributed by atoms with Crippen LogP contribution in [0.15, 0.2) is 106 Å². The second-order valence-corrected chi connectivity index (χ2v) is 11.2.